The number of carbonyl (C=O) groups excluding carboxylic acids is 1. The van der Waals surface area contributed by atoms with Gasteiger partial charge in [-0.25, -0.2) is 0 Å². The molecule has 1 unspecified atom stereocenters. The normalized spacial score (nSPS) is 12.2. The standard InChI is InChI=1S/C16H23NO3/c1-12(2)15(18)17(11-13(3)16(19)20)10-9-14-7-5-4-6-8-14/h4-8,12-13H,9-11H2,1-3H3,(H,19,20). The highest BCUT2D eigenvalue weighted by molar-refractivity contribution is 5.79. The lowest BCUT2D eigenvalue weighted by Gasteiger charge is -2.26. The number of carboxylic acid groups (broad SMARTS) is 1. The molecule has 20 heavy (non-hydrogen) atoms. The van der Waals surface area contributed by atoms with E-state index < -0.39 is 11.9 Å². The highest BCUT2D eigenvalue weighted by Gasteiger charge is 2.22. The minimum Gasteiger partial charge on any atom is -0.481 e. The molecule has 1 aromatic rings. The molecule has 110 valence electrons. The Morgan fingerprint density at radius 2 is 1.75 bits per heavy atom. The van der Waals surface area contributed by atoms with Gasteiger partial charge in [0.05, 0.1) is 5.92 Å². The Morgan fingerprint density at radius 3 is 2.25 bits per heavy atom. The number of hydrogen-bond acceptors (Lipinski definition) is 2. The molecule has 0 saturated heterocycles. The van der Waals surface area contributed by atoms with Crippen molar-refractivity contribution in [2.75, 3.05) is 13.1 Å². The van der Waals surface area contributed by atoms with Crippen LogP contribution in [-0.2, 0) is 16.0 Å². The van der Waals surface area contributed by atoms with Gasteiger partial charge in [0.1, 0.15) is 0 Å². The van der Waals surface area contributed by atoms with E-state index in [0.29, 0.717) is 6.54 Å². The molecular weight excluding hydrogens is 254 g/mol. The predicted molar refractivity (Wildman–Crippen MR) is 78.4 cm³/mol. The second kappa shape index (κ2) is 7.68. The molecule has 0 radical (unpaired) electrons. The molecule has 1 N–H and O–H groups in total. The van der Waals surface area contributed by atoms with Crippen LogP contribution in [0.2, 0.25) is 0 Å². The summed E-state index contributed by atoms with van der Waals surface area (Å²) in [4.78, 5) is 24.8. The second-order valence-electron chi connectivity index (χ2n) is 5.41. The van der Waals surface area contributed by atoms with E-state index >= 15 is 0 Å². The first-order valence-electron chi connectivity index (χ1n) is 6.97. The Kier molecular flexibility index (Phi) is 6.22. The van der Waals surface area contributed by atoms with Crippen molar-refractivity contribution >= 4 is 11.9 Å². The van der Waals surface area contributed by atoms with Gasteiger partial charge in [-0.15, -0.1) is 0 Å². The van der Waals surface area contributed by atoms with Crippen LogP contribution in [0.4, 0.5) is 0 Å². The van der Waals surface area contributed by atoms with Crippen LogP contribution in [0.5, 0.6) is 0 Å². The van der Waals surface area contributed by atoms with Crippen molar-refractivity contribution in [3.05, 3.63) is 35.9 Å². The molecule has 0 aromatic heterocycles. The number of carboxylic acids is 1. The predicted octanol–water partition coefficient (Wildman–Crippen LogP) is 2.43. The summed E-state index contributed by atoms with van der Waals surface area (Å²) in [5, 5.41) is 9.00. The molecule has 0 fully saturated rings. The van der Waals surface area contributed by atoms with Gasteiger partial charge in [0.2, 0.25) is 5.91 Å². The molecule has 0 heterocycles. The van der Waals surface area contributed by atoms with Gasteiger partial charge >= 0.3 is 5.97 Å². The Labute approximate surface area is 120 Å². The third-order valence-electron chi connectivity index (χ3n) is 3.23. The Balaban J connectivity index is 2.67. The topological polar surface area (TPSA) is 57.6 Å². The number of benzene rings is 1. The van der Waals surface area contributed by atoms with E-state index in [0.717, 1.165) is 12.0 Å². The van der Waals surface area contributed by atoms with Crippen molar-refractivity contribution in [2.45, 2.75) is 27.2 Å². The quantitative estimate of drug-likeness (QED) is 0.832. The molecule has 0 aliphatic rings. The molecule has 0 bridgehead atoms. The van der Waals surface area contributed by atoms with Gasteiger partial charge in [-0.1, -0.05) is 51.1 Å². The number of carbonyl (C=O) groups is 2. The lowest BCUT2D eigenvalue weighted by atomic mass is 10.1. The molecule has 1 rings (SSSR count). The first-order valence-corrected chi connectivity index (χ1v) is 6.97. The van der Waals surface area contributed by atoms with Crippen LogP contribution in [-0.4, -0.2) is 35.0 Å². The van der Waals surface area contributed by atoms with E-state index in [4.69, 9.17) is 5.11 Å². The fraction of sp³-hybridized carbons (Fsp3) is 0.500. The van der Waals surface area contributed by atoms with E-state index in [1.165, 1.54) is 0 Å². The van der Waals surface area contributed by atoms with Crippen molar-refractivity contribution in [1.29, 1.82) is 0 Å². The molecule has 4 heteroatoms. The van der Waals surface area contributed by atoms with Crippen molar-refractivity contribution in [3.8, 4) is 0 Å². The maximum Gasteiger partial charge on any atom is 0.308 e. The third-order valence-corrected chi connectivity index (χ3v) is 3.23. The summed E-state index contributed by atoms with van der Waals surface area (Å²) in [6.07, 6.45) is 0.742. The molecule has 1 atom stereocenters. The van der Waals surface area contributed by atoms with Crippen molar-refractivity contribution < 1.29 is 14.7 Å². The minimum absolute atomic E-state index is 0.00836. The summed E-state index contributed by atoms with van der Waals surface area (Å²) in [7, 11) is 0. The fourth-order valence-electron chi connectivity index (χ4n) is 1.97. The van der Waals surface area contributed by atoms with Gasteiger partial charge in [-0.05, 0) is 12.0 Å². The number of amides is 1. The van der Waals surface area contributed by atoms with E-state index in [2.05, 4.69) is 0 Å². The summed E-state index contributed by atoms with van der Waals surface area (Å²) >= 11 is 0. The Bertz CT molecular complexity index is 442. The number of rotatable bonds is 7. The van der Waals surface area contributed by atoms with E-state index in [9.17, 15) is 9.59 Å². The average Bonchev–Trinajstić information content (AvgIpc) is 2.43. The van der Waals surface area contributed by atoms with Crippen LogP contribution in [0.1, 0.15) is 26.3 Å². The average molecular weight is 277 g/mol. The fourth-order valence-corrected chi connectivity index (χ4v) is 1.97. The number of aliphatic carboxylic acids is 1. The first-order chi connectivity index (χ1) is 9.41. The number of hydrogen-bond donors (Lipinski definition) is 1. The zero-order valence-electron chi connectivity index (χ0n) is 12.4. The van der Waals surface area contributed by atoms with Crippen LogP contribution in [0.3, 0.4) is 0 Å². The summed E-state index contributed by atoms with van der Waals surface area (Å²) in [6.45, 7) is 6.12. The lowest BCUT2D eigenvalue weighted by molar-refractivity contribution is -0.143. The molecule has 0 aliphatic carbocycles. The Hall–Kier alpha value is -1.84. The minimum atomic E-state index is -0.869. The summed E-state index contributed by atoms with van der Waals surface area (Å²) in [5.41, 5.74) is 1.15. The van der Waals surface area contributed by atoms with E-state index in [1.807, 2.05) is 44.2 Å². The van der Waals surface area contributed by atoms with Crippen molar-refractivity contribution in [3.63, 3.8) is 0 Å². The van der Waals surface area contributed by atoms with Crippen LogP contribution in [0.15, 0.2) is 30.3 Å². The molecule has 1 amide bonds. The smallest absolute Gasteiger partial charge is 0.308 e. The highest BCUT2D eigenvalue weighted by Crippen LogP contribution is 2.09. The Morgan fingerprint density at radius 1 is 1.15 bits per heavy atom. The van der Waals surface area contributed by atoms with Gasteiger partial charge < -0.3 is 10.0 Å². The third kappa shape index (κ3) is 5.03. The van der Waals surface area contributed by atoms with E-state index in [1.54, 1.807) is 11.8 Å². The summed E-state index contributed by atoms with van der Waals surface area (Å²) < 4.78 is 0. The van der Waals surface area contributed by atoms with Crippen LogP contribution in [0, 0.1) is 11.8 Å². The second-order valence-corrected chi connectivity index (χ2v) is 5.41. The summed E-state index contributed by atoms with van der Waals surface area (Å²) in [6, 6.07) is 9.90. The monoisotopic (exact) mass is 277 g/mol. The highest BCUT2D eigenvalue weighted by atomic mass is 16.4. The van der Waals surface area contributed by atoms with Gasteiger partial charge in [0.25, 0.3) is 0 Å². The first kappa shape index (κ1) is 16.2. The zero-order valence-corrected chi connectivity index (χ0v) is 12.4. The SMILES string of the molecule is CC(C)C(=O)N(CCc1ccccc1)CC(C)C(=O)O. The van der Waals surface area contributed by atoms with E-state index in [-0.39, 0.29) is 18.4 Å². The molecule has 0 aliphatic heterocycles. The number of nitrogens with zero attached hydrogens (tertiary/aromatic N) is 1. The van der Waals surface area contributed by atoms with Gasteiger partial charge in [-0.2, -0.15) is 0 Å². The van der Waals surface area contributed by atoms with Crippen molar-refractivity contribution in [1.82, 2.24) is 4.90 Å². The maximum atomic E-state index is 12.2. The summed E-state index contributed by atoms with van der Waals surface area (Å²) in [5.74, 6) is -1.53. The maximum absolute atomic E-state index is 12.2. The largest absolute Gasteiger partial charge is 0.481 e. The van der Waals surface area contributed by atoms with Gasteiger partial charge in [0, 0.05) is 19.0 Å². The zero-order chi connectivity index (χ0) is 15.1. The van der Waals surface area contributed by atoms with Crippen LogP contribution < -0.4 is 0 Å². The van der Waals surface area contributed by atoms with Crippen LogP contribution in [0.25, 0.3) is 0 Å². The van der Waals surface area contributed by atoms with Gasteiger partial charge in [0.15, 0.2) is 0 Å². The molecule has 0 saturated carbocycles. The van der Waals surface area contributed by atoms with Crippen LogP contribution >= 0.6 is 0 Å². The molecule has 1 aromatic carbocycles. The lowest BCUT2D eigenvalue weighted by Crippen LogP contribution is -2.40. The van der Waals surface area contributed by atoms with Crippen molar-refractivity contribution in [2.24, 2.45) is 11.8 Å². The molecular formula is C16H23NO3. The molecule has 4 nitrogen and oxygen atoms in total. The molecule has 0 spiro atoms. The van der Waals surface area contributed by atoms with Gasteiger partial charge in [-0.3, -0.25) is 9.59 Å².